The van der Waals surface area contributed by atoms with E-state index >= 15 is 0 Å². The van der Waals surface area contributed by atoms with Crippen LogP contribution in [0.25, 0.3) is 0 Å². The number of hydrogen-bond acceptors (Lipinski definition) is 2. The molecule has 0 radical (unpaired) electrons. The summed E-state index contributed by atoms with van der Waals surface area (Å²) in [6.45, 7) is 12.9. The highest BCUT2D eigenvalue weighted by atomic mass is 31.2. The third-order valence-electron chi connectivity index (χ3n) is 5.35. The van der Waals surface area contributed by atoms with Crippen molar-refractivity contribution < 1.29 is 9.53 Å². The summed E-state index contributed by atoms with van der Waals surface area (Å²) in [7, 11) is -2.51. The zero-order valence-electron chi connectivity index (χ0n) is 17.6. The Morgan fingerprint density at radius 1 is 0.759 bits per heavy atom. The first-order valence-corrected chi connectivity index (χ1v) is 11.7. The van der Waals surface area contributed by atoms with Crippen molar-refractivity contribution in [1.29, 1.82) is 0 Å². The maximum atomic E-state index is 13.1. The minimum atomic E-state index is -2.51. The number of hydrogen-bond donors (Lipinski definition) is 0. The Labute approximate surface area is 174 Å². The van der Waals surface area contributed by atoms with Crippen LogP contribution in [0.15, 0.2) is 84.7 Å². The molecule has 0 spiro atoms. The van der Waals surface area contributed by atoms with Gasteiger partial charge in [0.05, 0.1) is 6.61 Å². The van der Waals surface area contributed by atoms with Crippen molar-refractivity contribution in [2.75, 3.05) is 6.61 Å². The molecular formula is C26H28O2P+. The summed E-state index contributed by atoms with van der Waals surface area (Å²) in [5.41, 5.74) is 3.45. The monoisotopic (exact) mass is 403 g/mol. The lowest BCUT2D eigenvalue weighted by atomic mass is 10.2. The van der Waals surface area contributed by atoms with Gasteiger partial charge in [-0.25, -0.2) is 4.79 Å². The van der Waals surface area contributed by atoms with Crippen LogP contribution in [-0.4, -0.2) is 12.6 Å². The maximum absolute atomic E-state index is 13.1. The van der Waals surface area contributed by atoms with Crippen LogP contribution < -0.4 is 15.9 Å². The molecule has 0 unspecified atom stereocenters. The number of aryl methyl sites for hydroxylation is 3. The molecular weight excluding hydrogens is 375 g/mol. The second-order valence-electron chi connectivity index (χ2n) is 7.20. The van der Waals surface area contributed by atoms with Gasteiger partial charge in [-0.05, 0) is 69.2 Å². The van der Waals surface area contributed by atoms with Crippen molar-refractivity contribution in [3.63, 3.8) is 0 Å². The summed E-state index contributed by atoms with van der Waals surface area (Å²) in [5.74, 6) is -0.324. The van der Waals surface area contributed by atoms with Crippen molar-refractivity contribution in [1.82, 2.24) is 0 Å². The van der Waals surface area contributed by atoms with Crippen LogP contribution in [0.1, 0.15) is 23.6 Å². The molecule has 0 saturated heterocycles. The quantitative estimate of drug-likeness (QED) is 0.330. The molecule has 3 heteroatoms. The highest BCUT2D eigenvalue weighted by Crippen LogP contribution is 2.63. The molecule has 0 amide bonds. The number of ether oxygens (including phenoxy) is 1. The Morgan fingerprint density at radius 2 is 1.10 bits per heavy atom. The van der Waals surface area contributed by atoms with E-state index in [1.165, 1.54) is 0 Å². The van der Waals surface area contributed by atoms with Crippen molar-refractivity contribution >= 4 is 29.1 Å². The zero-order chi connectivity index (χ0) is 21.0. The SMILES string of the molecule is C=C(C(=O)OCC)[P+](c1ccccc1C)(c1ccccc1C)c1ccccc1C. The second kappa shape index (κ2) is 8.76. The highest BCUT2D eigenvalue weighted by molar-refractivity contribution is 8.00. The molecule has 0 saturated carbocycles. The molecule has 0 heterocycles. The van der Waals surface area contributed by atoms with Crippen LogP contribution in [0, 0.1) is 20.8 Å². The van der Waals surface area contributed by atoms with Crippen LogP contribution >= 0.6 is 7.26 Å². The Kier molecular flexibility index (Phi) is 6.35. The molecule has 0 aliphatic carbocycles. The van der Waals surface area contributed by atoms with Gasteiger partial charge < -0.3 is 4.74 Å². The lowest BCUT2D eigenvalue weighted by Crippen LogP contribution is -2.37. The third-order valence-corrected chi connectivity index (χ3v) is 10.0. The van der Waals surface area contributed by atoms with E-state index < -0.39 is 7.26 Å². The standard InChI is InChI=1S/C26H28O2P/c1-6-28-26(27)22(5)29(23-16-10-7-13-19(23)2,24-17-11-8-14-20(24)3)25-18-12-9-15-21(25)4/h7-18H,5-6H2,1-4H3/q+1. The van der Waals surface area contributed by atoms with Crippen molar-refractivity contribution in [3.8, 4) is 0 Å². The Hall–Kier alpha value is -2.70. The molecule has 29 heavy (non-hydrogen) atoms. The molecule has 3 aromatic rings. The molecule has 0 aromatic heterocycles. The molecule has 2 nitrogen and oxygen atoms in total. The molecule has 0 N–H and O–H groups in total. The molecule has 3 rings (SSSR count). The van der Waals surface area contributed by atoms with Crippen molar-refractivity contribution in [2.45, 2.75) is 27.7 Å². The van der Waals surface area contributed by atoms with Gasteiger partial charge in [-0.3, -0.25) is 0 Å². The van der Waals surface area contributed by atoms with Gasteiger partial charge in [-0.1, -0.05) is 54.6 Å². The summed E-state index contributed by atoms with van der Waals surface area (Å²) in [6.07, 6.45) is 0. The van der Waals surface area contributed by atoms with Crippen molar-refractivity contribution in [3.05, 3.63) is 101 Å². The minimum absolute atomic E-state index is 0.324. The largest absolute Gasteiger partial charge is 0.460 e. The van der Waals surface area contributed by atoms with Crippen molar-refractivity contribution in [2.24, 2.45) is 0 Å². The van der Waals surface area contributed by atoms with E-state index in [-0.39, 0.29) is 5.97 Å². The number of esters is 1. The van der Waals surface area contributed by atoms with Crippen LogP contribution in [0.5, 0.6) is 0 Å². The van der Waals surface area contributed by atoms with Crippen LogP contribution in [0.2, 0.25) is 0 Å². The van der Waals surface area contributed by atoms with Gasteiger partial charge >= 0.3 is 5.97 Å². The van der Waals surface area contributed by atoms with Crippen LogP contribution in [0.3, 0.4) is 0 Å². The zero-order valence-corrected chi connectivity index (χ0v) is 18.5. The fourth-order valence-corrected chi connectivity index (χ4v) is 8.73. The fourth-order valence-electron chi connectivity index (χ4n) is 4.00. The van der Waals surface area contributed by atoms with Gasteiger partial charge in [0.25, 0.3) is 0 Å². The number of carbonyl (C=O) groups excluding carboxylic acids is 1. The van der Waals surface area contributed by atoms with Gasteiger partial charge in [0.15, 0.2) is 12.6 Å². The lowest BCUT2D eigenvalue weighted by Gasteiger charge is -2.31. The van der Waals surface area contributed by atoms with Crippen LogP contribution in [0.4, 0.5) is 0 Å². The van der Waals surface area contributed by atoms with Gasteiger partial charge in [-0.2, -0.15) is 0 Å². The normalized spacial score (nSPS) is 11.2. The van der Waals surface area contributed by atoms with Gasteiger partial charge in [0.2, 0.25) is 0 Å². The number of rotatable bonds is 6. The van der Waals surface area contributed by atoms with E-state index in [1.54, 1.807) is 0 Å². The second-order valence-corrected chi connectivity index (χ2v) is 10.5. The van der Waals surface area contributed by atoms with Crippen LogP contribution in [-0.2, 0) is 9.53 Å². The number of carbonyl (C=O) groups is 1. The molecule has 0 aliphatic heterocycles. The molecule has 0 bridgehead atoms. The summed E-state index contributed by atoms with van der Waals surface area (Å²) in [5, 5.41) is 4.00. The summed E-state index contributed by atoms with van der Waals surface area (Å²) in [6, 6.07) is 25.0. The predicted molar refractivity (Wildman–Crippen MR) is 125 cm³/mol. The van der Waals surface area contributed by atoms with Gasteiger partial charge in [-0.15, -0.1) is 0 Å². The molecule has 0 atom stereocenters. The highest BCUT2D eigenvalue weighted by Gasteiger charge is 2.54. The van der Waals surface area contributed by atoms with Gasteiger partial charge in [0, 0.05) is 0 Å². The van der Waals surface area contributed by atoms with Gasteiger partial charge in [0.1, 0.15) is 15.9 Å². The Balaban J connectivity index is 2.52. The maximum Gasteiger partial charge on any atom is 0.374 e. The van der Waals surface area contributed by atoms with E-state index in [0.717, 1.165) is 32.6 Å². The van der Waals surface area contributed by atoms with E-state index in [4.69, 9.17) is 4.74 Å². The predicted octanol–water partition coefficient (Wildman–Crippen LogP) is 4.98. The average molecular weight is 403 g/mol. The summed E-state index contributed by atoms with van der Waals surface area (Å²) in [4.78, 5) is 13.1. The number of benzene rings is 3. The molecule has 0 fully saturated rings. The Bertz CT molecular complexity index is 941. The minimum Gasteiger partial charge on any atom is -0.460 e. The third kappa shape index (κ3) is 3.66. The summed E-state index contributed by atoms with van der Waals surface area (Å²) >= 11 is 0. The molecule has 3 aromatic carbocycles. The van der Waals surface area contributed by atoms with E-state index in [9.17, 15) is 4.79 Å². The molecule has 0 aliphatic rings. The fraction of sp³-hybridized carbons (Fsp3) is 0.192. The Morgan fingerprint density at radius 3 is 1.41 bits per heavy atom. The lowest BCUT2D eigenvalue weighted by molar-refractivity contribution is -0.137. The molecule has 148 valence electrons. The summed E-state index contributed by atoms with van der Waals surface area (Å²) < 4.78 is 5.48. The van der Waals surface area contributed by atoms with E-state index in [1.807, 2.05) is 43.3 Å². The first kappa shape index (κ1) is 21.0. The first-order chi connectivity index (χ1) is 13.9. The smallest absolute Gasteiger partial charge is 0.374 e. The average Bonchev–Trinajstić information content (AvgIpc) is 2.72. The van der Waals surface area contributed by atoms with E-state index in [0.29, 0.717) is 11.9 Å². The van der Waals surface area contributed by atoms with E-state index in [2.05, 4.69) is 63.7 Å². The topological polar surface area (TPSA) is 26.3 Å². The first-order valence-electron chi connectivity index (χ1n) is 9.88.